The molecule has 1 N–H and O–H groups in total. The summed E-state index contributed by atoms with van der Waals surface area (Å²) in [4.78, 5) is 25.5. The lowest BCUT2D eigenvalue weighted by molar-refractivity contribution is -0.118. The summed E-state index contributed by atoms with van der Waals surface area (Å²) in [5.74, 6) is 2.13. The SMILES string of the molecule is CCCSCC(=O)NCC1CCN(c2cnn(C)c(=O)c2)C1. The number of hydrogen-bond acceptors (Lipinski definition) is 5. The average Bonchev–Trinajstić information content (AvgIpc) is 2.97. The molecule has 7 heteroatoms. The van der Waals surface area contributed by atoms with Crippen molar-refractivity contribution >= 4 is 23.4 Å². The maximum atomic E-state index is 11.7. The molecule has 2 rings (SSSR count). The number of rotatable bonds is 7. The van der Waals surface area contributed by atoms with E-state index < -0.39 is 0 Å². The van der Waals surface area contributed by atoms with Crippen LogP contribution in [-0.4, -0.2) is 46.8 Å². The van der Waals surface area contributed by atoms with Crippen LogP contribution in [-0.2, 0) is 11.8 Å². The minimum atomic E-state index is -0.0952. The van der Waals surface area contributed by atoms with Crippen molar-refractivity contribution in [2.24, 2.45) is 13.0 Å². The molecule has 0 radical (unpaired) electrons. The van der Waals surface area contributed by atoms with Crippen molar-refractivity contribution in [1.82, 2.24) is 15.1 Å². The van der Waals surface area contributed by atoms with Gasteiger partial charge < -0.3 is 10.2 Å². The molecule has 0 spiro atoms. The Labute approximate surface area is 135 Å². The van der Waals surface area contributed by atoms with Crippen LogP contribution in [0.25, 0.3) is 0 Å². The summed E-state index contributed by atoms with van der Waals surface area (Å²) in [6.07, 6.45) is 3.85. The minimum Gasteiger partial charge on any atom is -0.370 e. The highest BCUT2D eigenvalue weighted by Crippen LogP contribution is 2.21. The zero-order valence-electron chi connectivity index (χ0n) is 13.2. The molecule has 1 aliphatic rings. The van der Waals surface area contributed by atoms with E-state index in [1.165, 1.54) is 4.68 Å². The van der Waals surface area contributed by atoms with Crippen molar-refractivity contribution in [2.45, 2.75) is 19.8 Å². The Morgan fingerprint density at radius 3 is 3.09 bits per heavy atom. The summed E-state index contributed by atoms with van der Waals surface area (Å²) in [5.41, 5.74) is 0.776. The van der Waals surface area contributed by atoms with E-state index in [0.29, 0.717) is 18.2 Å². The number of amides is 1. The van der Waals surface area contributed by atoms with E-state index in [4.69, 9.17) is 0 Å². The van der Waals surface area contributed by atoms with Crippen molar-refractivity contribution in [2.75, 3.05) is 36.0 Å². The molecule has 122 valence electrons. The molecule has 1 aromatic rings. The second-order valence-electron chi connectivity index (χ2n) is 5.63. The summed E-state index contributed by atoms with van der Waals surface area (Å²) in [5, 5.41) is 7.06. The number of anilines is 1. The number of hydrogen-bond donors (Lipinski definition) is 1. The van der Waals surface area contributed by atoms with Gasteiger partial charge in [-0.2, -0.15) is 16.9 Å². The van der Waals surface area contributed by atoms with Crippen LogP contribution in [0.3, 0.4) is 0 Å². The Morgan fingerprint density at radius 2 is 2.36 bits per heavy atom. The van der Waals surface area contributed by atoms with Crippen LogP contribution in [0, 0.1) is 5.92 Å². The number of aromatic nitrogens is 2. The van der Waals surface area contributed by atoms with E-state index in [2.05, 4.69) is 22.2 Å². The zero-order valence-corrected chi connectivity index (χ0v) is 14.1. The molecule has 0 saturated carbocycles. The fraction of sp³-hybridized carbons (Fsp3) is 0.667. The summed E-state index contributed by atoms with van der Waals surface area (Å²) in [6, 6.07) is 1.62. The third-order valence-corrected chi connectivity index (χ3v) is 4.94. The highest BCUT2D eigenvalue weighted by atomic mass is 32.2. The number of nitrogens with one attached hydrogen (secondary N) is 1. The van der Waals surface area contributed by atoms with Gasteiger partial charge in [0.25, 0.3) is 5.56 Å². The lowest BCUT2D eigenvalue weighted by Gasteiger charge is -2.18. The summed E-state index contributed by atoms with van der Waals surface area (Å²) >= 11 is 1.68. The predicted molar refractivity (Wildman–Crippen MR) is 90.4 cm³/mol. The van der Waals surface area contributed by atoms with Gasteiger partial charge in [-0.05, 0) is 24.5 Å². The van der Waals surface area contributed by atoms with Crippen LogP contribution in [0.4, 0.5) is 5.69 Å². The van der Waals surface area contributed by atoms with E-state index in [-0.39, 0.29) is 11.5 Å². The molecule has 1 unspecified atom stereocenters. The van der Waals surface area contributed by atoms with Crippen molar-refractivity contribution < 1.29 is 4.79 Å². The Kier molecular flexibility index (Phi) is 6.30. The minimum absolute atomic E-state index is 0.0952. The topological polar surface area (TPSA) is 67.2 Å². The Morgan fingerprint density at radius 1 is 1.55 bits per heavy atom. The Hall–Kier alpha value is -1.50. The van der Waals surface area contributed by atoms with Gasteiger partial charge in [-0.3, -0.25) is 9.59 Å². The zero-order chi connectivity index (χ0) is 15.9. The standard InChI is InChI=1S/C15H24N4O2S/c1-3-6-22-11-14(20)16-8-12-4-5-19(10-12)13-7-15(21)18(2)17-9-13/h7,9,12H,3-6,8,10-11H2,1-2H3,(H,16,20). The van der Waals surface area contributed by atoms with E-state index in [0.717, 1.165) is 37.4 Å². The molecule has 1 saturated heterocycles. The monoisotopic (exact) mass is 324 g/mol. The van der Waals surface area contributed by atoms with Gasteiger partial charge >= 0.3 is 0 Å². The first-order chi connectivity index (χ1) is 10.6. The highest BCUT2D eigenvalue weighted by molar-refractivity contribution is 7.99. The maximum Gasteiger partial charge on any atom is 0.268 e. The van der Waals surface area contributed by atoms with Crippen molar-refractivity contribution in [3.8, 4) is 0 Å². The van der Waals surface area contributed by atoms with Gasteiger partial charge in [0.05, 0.1) is 17.6 Å². The maximum absolute atomic E-state index is 11.7. The first-order valence-electron chi connectivity index (χ1n) is 7.73. The third kappa shape index (κ3) is 4.76. The summed E-state index contributed by atoms with van der Waals surface area (Å²) < 4.78 is 1.32. The molecule has 6 nitrogen and oxygen atoms in total. The van der Waals surface area contributed by atoms with E-state index in [9.17, 15) is 9.59 Å². The van der Waals surface area contributed by atoms with Crippen molar-refractivity contribution in [3.05, 3.63) is 22.6 Å². The molecule has 22 heavy (non-hydrogen) atoms. The lowest BCUT2D eigenvalue weighted by atomic mass is 10.1. The van der Waals surface area contributed by atoms with Crippen LogP contribution in [0.5, 0.6) is 0 Å². The van der Waals surface area contributed by atoms with Gasteiger partial charge in [-0.1, -0.05) is 6.92 Å². The molecule has 1 atom stereocenters. The van der Waals surface area contributed by atoms with Crippen LogP contribution in [0.1, 0.15) is 19.8 Å². The number of nitrogens with zero attached hydrogens (tertiary/aromatic N) is 3. The predicted octanol–water partition coefficient (Wildman–Crippen LogP) is 0.866. The average molecular weight is 324 g/mol. The van der Waals surface area contributed by atoms with Gasteiger partial charge in [0, 0.05) is 32.7 Å². The van der Waals surface area contributed by atoms with Gasteiger partial charge in [0.15, 0.2) is 0 Å². The normalized spacial score (nSPS) is 17.7. The largest absolute Gasteiger partial charge is 0.370 e. The summed E-state index contributed by atoms with van der Waals surface area (Å²) in [7, 11) is 1.64. The molecular weight excluding hydrogens is 300 g/mol. The Balaban J connectivity index is 1.76. The smallest absolute Gasteiger partial charge is 0.268 e. The molecule has 0 aliphatic carbocycles. The number of thioether (sulfide) groups is 1. The molecule has 1 amide bonds. The molecule has 1 fully saturated rings. The first-order valence-corrected chi connectivity index (χ1v) is 8.88. The van der Waals surface area contributed by atoms with E-state index in [1.54, 1.807) is 31.1 Å². The van der Waals surface area contributed by atoms with Crippen LogP contribution in [0.2, 0.25) is 0 Å². The second-order valence-corrected chi connectivity index (χ2v) is 6.74. The quantitative estimate of drug-likeness (QED) is 0.754. The number of carbonyl (C=O) groups excluding carboxylic acids is 1. The summed E-state index contributed by atoms with van der Waals surface area (Å²) in [6.45, 7) is 4.58. The molecule has 2 heterocycles. The van der Waals surface area contributed by atoms with Crippen LogP contribution < -0.4 is 15.8 Å². The van der Waals surface area contributed by atoms with Gasteiger partial charge in [-0.15, -0.1) is 0 Å². The molecule has 0 aromatic carbocycles. The lowest BCUT2D eigenvalue weighted by Crippen LogP contribution is -2.32. The van der Waals surface area contributed by atoms with E-state index >= 15 is 0 Å². The molecular formula is C15H24N4O2S. The fourth-order valence-electron chi connectivity index (χ4n) is 2.48. The first kappa shape index (κ1) is 16.9. The van der Waals surface area contributed by atoms with Crippen molar-refractivity contribution in [3.63, 3.8) is 0 Å². The number of carbonyl (C=O) groups is 1. The highest BCUT2D eigenvalue weighted by Gasteiger charge is 2.23. The van der Waals surface area contributed by atoms with Crippen LogP contribution in [0.15, 0.2) is 17.1 Å². The van der Waals surface area contributed by atoms with E-state index in [1.807, 2.05) is 0 Å². The third-order valence-electron chi connectivity index (χ3n) is 3.77. The van der Waals surface area contributed by atoms with Gasteiger partial charge in [-0.25, -0.2) is 4.68 Å². The van der Waals surface area contributed by atoms with Crippen LogP contribution >= 0.6 is 11.8 Å². The molecule has 0 bridgehead atoms. The van der Waals surface area contributed by atoms with Gasteiger partial charge in [0.1, 0.15) is 0 Å². The molecule has 1 aromatic heterocycles. The van der Waals surface area contributed by atoms with Crippen molar-refractivity contribution in [1.29, 1.82) is 0 Å². The second kappa shape index (κ2) is 8.22. The fourth-order valence-corrected chi connectivity index (χ4v) is 3.21. The Bertz CT molecular complexity index is 561. The molecule has 1 aliphatic heterocycles. The van der Waals surface area contributed by atoms with Gasteiger partial charge in [0.2, 0.25) is 5.91 Å². The number of aryl methyl sites for hydroxylation is 1.